The lowest BCUT2D eigenvalue weighted by molar-refractivity contribution is -0.145. The van der Waals surface area contributed by atoms with E-state index in [0.29, 0.717) is 54.6 Å². The second-order valence-corrected chi connectivity index (χ2v) is 13.5. The fourth-order valence-corrected chi connectivity index (χ4v) is 7.66. The first-order valence-corrected chi connectivity index (χ1v) is 16.1. The van der Waals surface area contributed by atoms with E-state index in [1.807, 2.05) is 24.0 Å². The van der Waals surface area contributed by atoms with Crippen LogP contribution in [0.25, 0.3) is 16.9 Å². The lowest BCUT2D eigenvalue weighted by Crippen LogP contribution is -2.38. The van der Waals surface area contributed by atoms with Gasteiger partial charge in [0, 0.05) is 53.4 Å². The molecular weight excluding hydrogens is 577 g/mol. The number of carbonyl (C=O) groups excluding carboxylic acids is 2. The monoisotopic (exact) mass is 617 g/mol. The van der Waals surface area contributed by atoms with Crippen LogP contribution in [0.5, 0.6) is 0 Å². The molecule has 4 aromatic rings. The number of amides is 1. The number of rotatable bonds is 7. The highest BCUT2D eigenvalue weighted by Crippen LogP contribution is 2.42. The second kappa shape index (κ2) is 11.6. The molecule has 2 atom stereocenters. The highest BCUT2D eigenvalue weighted by atomic mass is 32.1. The summed E-state index contributed by atoms with van der Waals surface area (Å²) in [7, 11) is 0. The van der Waals surface area contributed by atoms with E-state index < -0.39 is 0 Å². The number of benzene rings is 1. The molecule has 1 saturated heterocycles. The molecule has 0 radical (unpaired) electrons. The Balaban J connectivity index is 0.00000343. The smallest absolute Gasteiger partial charge is 0.306 e. The van der Waals surface area contributed by atoms with Gasteiger partial charge in [-0.3, -0.25) is 9.59 Å². The van der Waals surface area contributed by atoms with Gasteiger partial charge in [-0.25, -0.2) is 13.9 Å². The Labute approximate surface area is 261 Å². The third kappa shape index (κ3) is 5.49. The molecular formula is C34H40FN5O3S. The lowest BCUT2D eigenvalue weighted by Gasteiger charge is -2.33. The Hall–Kier alpha value is -3.79. The number of ether oxygens (including phenoxy) is 1. The van der Waals surface area contributed by atoms with E-state index in [0.717, 1.165) is 43.6 Å². The zero-order valence-electron chi connectivity index (χ0n) is 24.8. The van der Waals surface area contributed by atoms with Crippen LogP contribution in [0.3, 0.4) is 0 Å². The number of carbonyl (C=O) groups is 2. The molecule has 5 heterocycles. The van der Waals surface area contributed by atoms with Gasteiger partial charge in [0.1, 0.15) is 11.5 Å². The van der Waals surface area contributed by atoms with Crippen LogP contribution in [-0.2, 0) is 16.0 Å². The molecule has 1 aromatic carbocycles. The summed E-state index contributed by atoms with van der Waals surface area (Å²) in [6.07, 6.45) is 4.12. The Morgan fingerprint density at radius 3 is 2.73 bits per heavy atom. The first-order chi connectivity index (χ1) is 20.7. The van der Waals surface area contributed by atoms with Gasteiger partial charge >= 0.3 is 5.97 Å². The van der Waals surface area contributed by atoms with Gasteiger partial charge in [-0.2, -0.15) is 5.10 Å². The van der Waals surface area contributed by atoms with Crippen molar-refractivity contribution in [2.45, 2.75) is 72.3 Å². The zero-order valence-corrected chi connectivity index (χ0v) is 25.6. The number of anilines is 1. The first-order valence-electron chi connectivity index (χ1n) is 15.2. The molecule has 2 aliphatic heterocycles. The molecule has 8 nitrogen and oxygen atoms in total. The van der Waals surface area contributed by atoms with Crippen LogP contribution in [0.1, 0.15) is 92.5 Å². The summed E-state index contributed by atoms with van der Waals surface area (Å²) < 4.78 is 22.6. The van der Waals surface area contributed by atoms with Crippen LogP contribution in [0, 0.1) is 11.2 Å². The van der Waals surface area contributed by atoms with Crippen molar-refractivity contribution in [1.29, 1.82) is 0 Å². The molecule has 1 aliphatic carbocycles. The van der Waals surface area contributed by atoms with Crippen LogP contribution in [-0.4, -0.2) is 57.6 Å². The SMILES string of the molecule is C.CCOC(=O)CC1(C)CCN(c2ccc(-c3cc4nc(C(=O)N5CCc6sccc6[C@H]5C)cc(C5CC5)n4n3)c(F)c2)C1. The first kappa shape index (κ1) is 30.2. The predicted octanol–water partition coefficient (Wildman–Crippen LogP) is 7.04. The van der Waals surface area contributed by atoms with Crippen molar-refractivity contribution >= 4 is 34.5 Å². The van der Waals surface area contributed by atoms with Crippen molar-refractivity contribution in [2.24, 2.45) is 5.41 Å². The minimum atomic E-state index is -0.363. The van der Waals surface area contributed by atoms with Gasteiger partial charge in [0.15, 0.2) is 5.65 Å². The number of aromatic nitrogens is 3. The Morgan fingerprint density at radius 2 is 1.98 bits per heavy atom. The maximum absolute atomic E-state index is 15.6. The van der Waals surface area contributed by atoms with E-state index >= 15 is 4.39 Å². The number of halogens is 1. The third-order valence-corrected chi connectivity index (χ3v) is 10.2. The average Bonchev–Trinajstić information content (AvgIpc) is 3.35. The van der Waals surface area contributed by atoms with Crippen molar-refractivity contribution < 1.29 is 18.7 Å². The standard InChI is InChI=1S/C33H36FN5O3S.CH4/c1-4-42-31(40)18-33(3)11-13-37(19-33)22-7-8-24(25(34)15-22)26-17-30-35-27(16-28(21-5-6-21)39(30)36-26)32(41)38-12-9-29-23(20(38)2)10-14-43-29;/h7-8,10,14-17,20-21H,4-6,9,11-13,18-19H2,1-3H3;1H4/t20-,33?;/m1./s1. The molecule has 3 aliphatic rings. The largest absolute Gasteiger partial charge is 0.466 e. The number of esters is 1. The van der Waals surface area contributed by atoms with Gasteiger partial charge in [-0.1, -0.05) is 14.4 Å². The van der Waals surface area contributed by atoms with E-state index in [-0.39, 0.29) is 36.6 Å². The number of hydrogen-bond donors (Lipinski definition) is 0. The van der Waals surface area contributed by atoms with Crippen LogP contribution in [0.15, 0.2) is 41.8 Å². The summed E-state index contributed by atoms with van der Waals surface area (Å²) in [5.74, 6) is -0.310. The number of fused-ring (bicyclic) bond motifs is 2. The molecule has 1 amide bonds. The minimum Gasteiger partial charge on any atom is -0.466 e. The molecule has 0 spiro atoms. The van der Waals surface area contributed by atoms with E-state index in [1.165, 1.54) is 10.4 Å². The van der Waals surface area contributed by atoms with Crippen molar-refractivity contribution in [3.63, 3.8) is 0 Å². The highest BCUT2D eigenvalue weighted by molar-refractivity contribution is 7.10. The van der Waals surface area contributed by atoms with Crippen LogP contribution in [0.4, 0.5) is 10.1 Å². The molecule has 2 fully saturated rings. The number of thiophene rings is 1. The molecule has 0 N–H and O–H groups in total. The summed E-state index contributed by atoms with van der Waals surface area (Å²) in [6.45, 7) is 8.42. The summed E-state index contributed by atoms with van der Waals surface area (Å²) in [5.41, 5.74) is 4.61. The molecule has 10 heteroatoms. The minimum absolute atomic E-state index is 0. The van der Waals surface area contributed by atoms with Crippen LogP contribution >= 0.6 is 11.3 Å². The van der Waals surface area contributed by atoms with E-state index in [1.54, 1.807) is 34.1 Å². The molecule has 7 rings (SSSR count). The molecule has 0 bridgehead atoms. The average molecular weight is 618 g/mol. The van der Waals surface area contributed by atoms with Crippen molar-refractivity contribution in [3.8, 4) is 11.3 Å². The molecule has 3 aromatic heterocycles. The van der Waals surface area contributed by atoms with E-state index in [4.69, 9.17) is 14.8 Å². The van der Waals surface area contributed by atoms with E-state index in [9.17, 15) is 9.59 Å². The predicted molar refractivity (Wildman–Crippen MR) is 171 cm³/mol. The van der Waals surface area contributed by atoms with Gasteiger partial charge in [-0.15, -0.1) is 11.3 Å². The van der Waals surface area contributed by atoms with E-state index in [2.05, 4.69) is 30.2 Å². The third-order valence-electron chi connectivity index (χ3n) is 9.24. The summed E-state index contributed by atoms with van der Waals surface area (Å²) in [4.78, 5) is 36.0. The fourth-order valence-electron chi connectivity index (χ4n) is 6.70. The van der Waals surface area contributed by atoms with Crippen LogP contribution in [0.2, 0.25) is 0 Å². The quantitative estimate of drug-likeness (QED) is 0.207. The molecule has 1 unspecified atom stereocenters. The highest BCUT2D eigenvalue weighted by Gasteiger charge is 2.37. The number of hydrogen-bond acceptors (Lipinski definition) is 7. The Bertz CT molecular complexity index is 1730. The zero-order chi connectivity index (χ0) is 29.9. The van der Waals surface area contributed by atoms with Gasteiger partial charge in [-0.05, 0) is 86.2 Å². The normalized spacial score (nSPS) is 21.3. The van der Waals surface area contributed by atoms with Crippen molar-refractivity contribution in [3.05, 3.63) is 69.4 Å². The maximum atomic E-state index is 15.6. The Morgan fingerprint density at radius 1 is 1.16 bits per heavy atom. The number of nitrogens with zero attached hydrogens (tertiary/aromatic N) is 5. The molecule has 44 heavy (non-hydrogen) atoms. The lowest BCUT2D eigenvalue weighted by atomic mass is 9.86. The van der Waals surface area contributed by atoms with Crippen LogP contribution < -0.4 is 4.90 Å². The Kier molecular flexibility index (Phi) is 7.98. The summed E-state index contributed by atoms with van der Waals surface area (Å²) >= 11 is 1.75. The fraction of sp³-hybridized carbons (Fsp3) is 0.471. The van der Waals surface area contributed by atoms with Gasteiger partial charge in [0.05, 0.1) is 24.8 Å². The van der Waals surface area contributed by atoms with Crippen molar-refractivity contribution in [1.82, 2.24) is 19.5 Å². The summed E-state index contributed by atoms with van der Waals surface area (Å²) in [6, 6.07) is 11.0. The second-order valence-electron chi connectivity index (χ2n) is 12.5. The topological polar surface area (TPSA) is 80.0 Å². The molecule has 232 valence electrons. The van der Waals surface area contributed by atoms with Gasteiger partial charge < -0.3 is 14.5 Å². The van der Waals surface area contributed by atoms with Gasteiger partial charge in [0.2, 0.25) is 0 Å². The van der Waals surface area contributed by atoms with Gasteiger partial charge in [0.25, 0.3) is 5.91 Å². The maximum Gasteiger partial charge on any atom is 0.306 e. The van der Waals surface area contributed by atoms with Crippen molar-refractivity contribution in [2.75, 3.05) is 31.1 Å². The summed E-state index contributed by atoms with van der Waals surface area (Å²) in [5, 5.41) is 6.88. The molecule has 1 saturated carbocycles.